The highest BCUT2D eigenvalue weighted by Gasteiger charge is 2.34. The lowest BCUT2D eigenvalue weighted by molar-refractivity contribution is -0.112. The van der Waals surface area contributed by atoms with E-state index >= 15 is 0 Å². The Kier molecular flexibility index (Phi) is 6.81. The van der Waals surface area contributed by atoms with Crippen molar-refractivity contribution < 1.29 is 13.2 Å². The summed E-state index contributed by atoms with van der Waals surface area (Å²) < 4.78 is 26.5. The molecule has 1 heterocycles. The summed E-state index contributed by atoms with van der Waals surface area (Å²) in [6, 6.07) is 6.84. The van der Waals surface area contributed by atoms with Crippen molar-refractivity contribution in [3.05, 3.63) is 47.7 Å². The highest BCUT2D eigenvalue weighted by atomic mass is 32.2. The number of nitrogens with zero attached hydrogens (tertiary/aromatic N) is 1. The monoisotopic (exact) mass is 375 g/mol. The molecule has 1 aliphatic carbocycles. The molecule has 1 fully saturated rings. The Morgan fingerprint density at radius 2 is 1.73 bits per heavy atom. The number of sulfonamides is 1. The van der Waals surface area contributed by atoms with E-state index in [0.29, 0.717) is 17.1 Å². The number of rotatable bonds is 3. The van der Waals surface area contributed by atoms with Gasteiger partial charge in [0, 0.05) is 12.6 Å². The van der Waals surface area contributed by atoms with Crippen LogP contribution in [0.15, 0.2) is 47.0 Å². The van der Waals surface area contributed by atoms with Gasteiger partial charge in [-0.3, -0.25) is 9.10 Å². The normalized spacial score (nSPS) is 19.8. The molecule has 0 radical (unpaired) electrons. The first kappa shape index (κ1) is 20.4. The Hall–Kier alpha value is -1.88. The van der Waals surface area contributed by atoms with Crippen molar-refractivity contribution in [3.63, 3.8) is 0 Å². The number of ketones is 1. The molecule has 26 heavy (non-hydrogen) atoms. The molecule has 1 aromatic rings. The molecule has 0 N–H and O–H groups in total. The van der Waals surface area contributed by atoms with Crippen LogP contribution in [0.5, 0.6) is 0 Å². The maximum Gasteiger partial charge on any atom is 0.264 e. The van der Waals surface area contributed by atoms with Gasteiger partial charge >= 0.3 is 0 Å². The van der Waals surface area contributed by atoms with Gasteiger partial charge in [-0.25, -0.2) is 8.42 Å². The number of benzene rings is 1. The quantitative estimate of drug-likeness (QED) is 0.714. The number of hydrogen-bond acceptors (Lipinski definition) is 3. The standard InChI is InChI=1S/C19H23NO3S.C2H6/c1-14-16-10-6-7-11-18(16)24(22,23)20(2)19(14)17(21)13-12-15-8-4-3-5-9-15;1-2/h6-7,10-13,15H,3-5,8-9H2,1-2H3;1-2H3/b13-12+;. The second-order valence-corrected chi connectivity index (χ2v) is 8.50. The van der Waals surface area contributed by atoms with Crippen LogP contribution < -0.4 is 0 Å². The van der Waals surface area contributed by atoms with E-state index in [0.717, 1.165) is 17.1 Å². The molecule has 5 heteroatoms. The van der Waals surface area contributed by atoms with Crippen LogP contribution in [-0.4, -0.2) is 25.6 Å². The molecule has 0 saturated heterocycles. The second kappa shape index (κ2) is 8.67. The van der Waals surface area contributed by atoms with E-state index in [9.17, 15) is 13.2 Å². The van der Waals surface area contributed by atoms with Crippen molar-refractivity contribution in [1.82, 2.24) is 4.31 Å². The Balaban J connectivity index is 0.00000117. The topological polar surface area (TPSA) is 54.5 Å². The van der Waals surface area contributed by atoms with Gasteiger partial charge in [0.2, 0.25) is 5.78 Å². The average molecular weight is 376 g/mol. The minimum Gasteiger partial charge on any atom is -0.288 e. The van der Waals surface area contributed by atoms with E-state index in [4.69, 9.17) is 0 Å². The van der Waals surface area contributed by atoms with Gasteiger partial charge in [0.05, 0.1) is 4.90 Å². The molecule has 3 rings (SSSR count). The van der Waals surface area contributed by atoms with Crippen LogP contribution in [0.1, 0.15) is 58.4 Å². The fourth-order valence-electron chi connectivity index (χ4n) is 3.60. The SMILES string of the molecule is CC.CC1=C(C(=O)/C=C/C2CCCCC2)N(C)S(=O)(=O)c2ccccc21. The lowest BCUT2D eigenvalue weighted by Crippen LogP contribution is -2.34. The number of fused-ring (bicyclic) bond motifs is 1. The maximum atomic E-state index is 12.7. The number of allylic oxidation sites excluding steroid dienone is 3. The minimum absolute atomic E-state index is 0.237. The molecule has 0 aromatic heterocycles. The molecule has 0 atom stereocenters. The van der Waals surface area contributed by atoms with Crippen molar-refractivity contribution in [2.75, 3.05) is 7.05 Å². The third-order valence-electron chi connectivity index (χ3n) is 5.00. The Morgan fingerprint density at radius 1 is 1.12 bits per heavy atom. The van der Waals surface area contributed by atoms with E-state index in [2.05, 4.69) is 0 Å². The van der Waals surface area contributed by atoms with Gasteiger partial charge in [-0.05, 0) is 43.4 Å². The fraction of sp³-hybridized carbons (Fsp3) is 0.476. The third-order valence-corrected chi connectivity index (χ3v) is 6.82. The van der Waals surface area contributed by atoms with Crippen LogP contribution in [0.3, 0.4) is 0 Å². The second-order valence-electron chi connectivity index (χ2n) is 6.56. The van der Waals surface area contributed by atoms with Crippen LogP contribution in [0.25, 0.3) is 5.57 Å². The number of likely N-dealkylation sites (N-methyl/N-ethyl adjacent to an activating group) is 1. The molecule has 0 unspecified atom stereocenters. The van der Waals surface area contributed by atoms with Gasteiger partial charge in [0.25, 0.3) is 10.0 Å². The van der Waals surface area contributed by atoms with Crippen LogP contribution in [0.2, 0.25) is 0 Å². The Morgan fingerprint density at radius 3 is 2.38 bits per heavy atom. The minimum atomic E-state index is -3.67. The molecule has 4 nitrogen and oxygen atoms in total. The lowest BCUT2D eigenvalue weighted by atomic mass is 9.89. The summed E-state index contributed by atoms with van der Waals surface area (Å²) in [7, 11) is -2.22. The number of hydrogen-bond donors (Lipinski definition) is 0. The van der Waals surface area contributed by atoms with Gasteiger partial charge < -0.3 is 0 Å². The molecular weight excluding hydrogens is 346 g/mol. The van der Waals surface area contributed by atoms with Gasteiger partial charge in [0.1, 0.15) is 5.70 Å². The first-order chi connectivity index (χ1) is 12.4. The molecular formula is C21H29NO3S. The number of carbonyl (C=O) groups is 1. The van der Waals surface area contributed by atoms with Crippen molar-refractivity contribution in [1.29, 1.82) is 0 Å². The lowest BCUT2D eigenvalue weighted by Gasteiger charge is -2.29. The van der Waals surface area contributed by atoms with E-state index in [1.807, 2.05) is 26.8 Å². The van der Waals surface area contributed by atoms with Crippen LogP contribution in [-0.2, 0) is 14.8 Å². The zero-order valence-electron chi connectivity index (χ0n) is 16.2. The largest absolute Gasteiger partial charge is 0.288 e. The summed E-state index contributed by atoms with van der Waals surface area (Å²) in [4.78, 5) is 13.0. The van der Waals surface area contributed by atoms with E-state index in [-0.39, 0.29) is 16.4 Å². The zero-order valence-corrected chi connectivity index (χ0v) is 17.0. The van der Waals surface area contributed by atoms with Crippen LogP contribution in [0, 0.1) is 5.92 Å². The Bertz CT molecular complexity index is 815. The zero-order chi connectivity index (χ0) is 19.3. The van der Waals surface area contributed by atoms with E-state index < -0.39 is 10.0 Å². The first-order valence-electron chi connectivity index (χ1n) is 9.44. The maximum absolute atomic E-state index is 12.7. The molecule has 0 amide bonds. The summed E-state index contributed by atoms with van der Waals surface area (Å²) in [5.41, 5.74) is 1.58. The summed E-state index contributed by atoms with van der Waals surface area (Å²) in [6.07, 6.45) is 9.41. The first-order valence-corrected chi connectivity index (χ1v) is 10.9. The summed E-state index contributed by atoms with van der Waals surface area (Å²) in [5, 5.41) is 0. The fourth-order valence-corrected chi connectivity index (χ4v) is 5.11. The molecule has 142 valence electrons. The predicted octanol–water partition coefficient (Wildman–Crippen LogP) is 4.78. The third kappa shape index (κ3) is 3.93. The van der Waals surface area contributed by atoms with Crippen molar-refractivity contribution >= 4 is 21.4 Å². The predicted molar refractivity (Wildman–Crippen MR) is 106 cm³/mol. The number of carbonyl (C=O) groups excluding carboxylic acids is 1. The summed E-state index contributed by atoms with van der Waals surface area (Å²) in [6.45, 7) is 5.81. The van der Waals surface area contributed by atoms with E-state index in [1.54, 1.807) is 30.3 Å². The van der Waals surface area contributed by atoms with Gasteiger partial charge in [-0.1, -0.05) is 57.4 Å². The molecule has 1 aromatic carbocycles. The molecule has 0 bridgehead atoms. The van der Waals surface area contributed by atoms with Crippen molar-refractivity contribution in [2.24, 2.45) is 5.92 Å². The molecule has 1 aliphatic heterocycles. The van der Waals surface area contributed by atoms with E-state index in [1.165, 1.54) is 26.3 Å². The average Bonchev–Trinajstić information content (AvgIpc) is 2.68. The highest BCUT2D eigenvalue weighted by Crippen LogP contribution is 2.36. The van der Waals surface area contributed by atoms with Gasteiger partial charge in [-0.15, -0.1) is 0 Å². The molecule has 0 spiro atoms. The summed E-state index contributed by atoms with van der Waals surface area (Å²) >= 11 is 0. The van der Waals surface area contributed by atoms with Crippen LogP contribution >= 0.6 is 0 Å². The van der Waals surface area contributed by atoms with Gasteiger partial charge in [0.15, 0.2) is 0 Å². The smallest absolute Gasteiger partial charge is 0.264 e. The molecule has 2 aliphatic rings. The Labute approximate surface area is 157 Å². The van der Waals surface area contributed by atoms with Gasteiger partial charge in [-0.2, -0.15) is 0 Å². The van der Waals surface area contributed by atoms with Crippen LogP contribution in [0.4, 0.5) is 0 Å². The van der Waals surface area contributed by atoms with Crippen molar-refractivity contribution in [2.45, 2.75) is 57.8 Å². The highest BCUT2D eigenvalue weighted by molar-refractivity contribution is 7.89. The van der Waals surface area contributed by atoms with Crippen molar-refractivity contribution in [3.8, 4) is 0 Å². The summed E-state index contributed by atoms with van der Waals surface area (Å²) in [5.74, 6) is 0.194. The molecule has 1 saturated carbocycles.